The van der Waals surface area contributed by atoms with Crippen LogP contribution in [0.2, 0.25) is 0 Å². The Labute approximate surface area is 196 Å². The van der Waals surface area contributed by atoms with Gasteiger partial charge in [-0.25, -0.2) is 4.99 Å². The fourth-order valence-electron chi connectivity index (χ4n) is 3.40. The summed E-state index contributed by atoms with van der Waals surface area (Å²) >= 11 is 0. The second-order valence-electron chi connectivity index (χ2n) is 7.09. The first-order valence-electron chi connectivity index (χ1n) is 10.2. The fourth-order valence-corrected chi connectivity index (χ4v) is 3.40. The monoisotopic (exact) mass is 522 g/mol. The van der Waals surface area contributed by atoms with Crippen molar-refractivity contribution in [2.45, 2.75) is 26.5 Å². The third-order valence-electron chi connectivity index (χ3n) is 4.94. The van der Waals surface area contributed by atoms with Crippen LogP contribution in [0.4, 0.5) is 0 Å². The number of rotatable bonds is 6. The number of halogens is 1. The van der Waals surface area contributed by atoms with Crippen LogP contribution in [0.5, 0.6) is 0 Å². The second-order valence-corrected chi connectivity index (χ2v) is 7.09. The lowest BCUT2D eigenvalue weighted by atomic mass is 10.0. The molecular formula is C23H31IN4O2. The molecule has 2 aromatic rings. The minimum absolute atomic E-state index is 0. The molecule has 2 N–H and O–H groups in total. The lowest BCUT2D eigenvalue weighted by Crippen LogP contribution is -2.48. The molecular weight excluding hydrogens is 491 g/mol. The molecule has 1 amide bonds. The molecule has 1 unspecified atom stereocenters. The van der Waals surface area contributed by atoms with Gasteiger partial charge in [0.2, 0.25) is 5.91 Å². The van der Waals surface area contributed by atoms with Crippen molar-refractivity contribution >= 4 is 35.8 Å². The van der Waals surface area contributed by atoms with Crippen molar-refractivity contribution in [1.82, 2.24) is 15.5 Å². The van der Waals surface area contributed by atoms with Crippen LogP contribution in [0.25, 0.3) is 0 Å². The van der Waals surface area contributed by atoms with E-state index in [1.807, 2.05) is 49.4 Å². The zero-order valence-corrected chi connectivity index (χ0v) is 20.0. The van der Waals surface area contributed by atoms with E-state index in [4.69, 9.17) is 4.74 Å². The van der Waals surface area contributed by atoms with E-state index in [-0.39, 0.29) is 42.5 Å². The summed E-state index contributed by atoms with van der Waals surface area (Å²) < 4.78 is 6.01. The van der Waals surface area contributed by atoms with Crippen LogP contribution in [0.3, 0.4) is 0 Å². The van der Waals surface area contributed by atoms with E-state index in [1.165, 1.54) is 11.1 Å². The highest BCUT2D eigenvalue weighted by atomic mass is 127. The first-order valence-corrected chi connectivity index (χ1v) is 10.2. The van der Waals surface area contributed by atoms with Crippen molar-refractivity contribution in [2.75, 3.05) is 32.8 Å². The SMILES string of the molecule is CCNC(=NCC(=O)NCc1ccccc1)N1CCOC(c2ccccc2C)C1.I. The third kappa shape index (κ3) is 6.98. The number of ether oxygens (including phenoxy) is 1. The molecule has 162 valence electrons. The number of benzene rings is 2. The second kappa shape index (κ2) is 12.5. The molecule has 0 bridgehead atoms. The van der Waals surface area contributed by atoms with Crippen molar-refractivity contribution in [2.24, 2.45) is 4.99 Å². The number of guanidine groups is 1. The van der Waals surface area contributed by atoms with Crippen molar-refractivity contribution in [3.05, 3.63) is 71.3 Å². The number of carbonyl (C=O) groups excluding carboxylic acids is 1. The Kier molecular flexibility index (Phi) is 10.1. The van der Waals surface area contributed by atoms with Gasteiger partial charge < -0.3 is 20.3 Å². The molecule has 1 fully saturated rings. The van der Waals surface area contributed by atoms with Gasteiger partial charge in [0.05, 0.1) is 13.2 Å². The van der Waals surface area contributed by atoms with Gasteiger partial charge in [-0.15, -0.1) is 24.0 Å². The van der Waals surface area contributed by atoms with E-state index in [1.54, 1.807) is 0 Å². The van der Waals surface area contributed by atoms with Crippen molar-refractivity contribution < 1.29 is 9.53 Å². The molecule has 0 radical (unpaired) electrons. The van der Waals surface area contributed by atoms with Gasteiger partial charge in [-0.1, -0.05) is 54.6 Å². The van der Waals surface area contributed by atoms with Gasteiger partial charge in [-0.05, 0) is 30.5 Å². The van der Waals surface area contributed by atoms with Crippen LogP contribution >= 0.6 is 24.0 Å². The summed E-state index contributed by atoms with van der Waals surface area (Å²) in [5, 5.41) is 6.23. The molecule has 2 aromatic carbocycles. The maximum Gasteiger partial charge on any atom is 0.242 e. The smallest absolute Gasteiger partial charge is 0.242 e. The van der Waals surface area contributed by atoms with Crippen LogP contribution in [-0.2, 0) is 16.1 Å². The number of hydrogen-bond donors (Lipinski definition) is 2. The number of nitrogens with zero attached hydrogens (tertiary/aromatic N) is 2. The minimum atomic E-state index is -0.0898. The molecule has 6 nitrogen and oxygen atoms in total. The summed E-state index contributed by atoms with van der Waals surface area (Å²) in [5.41, 5.74) is 3.50. The predicted octanol–water partition coefficient (Wildman–Crippen LogP) is 3.27. The van der Waals surface area contributed by atoms with E-state index in [9.17, 15) is 4.79 Å². The highest BCUT2D eigenvalue weighted by Crippen LogP contribution is 2.24. The van der Waals surface area contributed by atoms with E-state index >= 15 is 0 Å². The highest BCUT2D eigenvalue weighted by Gasteiger charge is 2.25. The molecule has 3 rings (SSSR count). The summed E-state index contributed by atoms with van der Waals surface area (Å²) in [6.45, 7) is 7.58. The van der Waals surface area contributed by atoms with Crippen LogP contribution in [0, 0.1) is 6.92 Å². The van der Waals surface area contributed by atoms with Crippen LogP contribution in [0.1, 0.15) is 29.7 Å². The molecule has 1 atom stereocenters. The Bertz CT molecular complexity index is 829. The summed E-state index contributed by atoms with van der Waals surface area (Å²) in [5.74, 6) is 0.664. The molecule has 1 saturated heterocycles. The number of morpholine rings is 1. The maximum absolute atomic E-state index is 12.2. The van der Waals surface area contributed by atoms with Gasteiger partial charge in [0.15, 0.2) is 5.96 Å². The molecule has 1 aliphatic rings. The van der Waals surface area contributed by atoms with Gasteiger partial charge in [-0.3, -0.25) is 4.79 Å². The quantitative estimate of drug-likeness (QED) is 0.348. The molecule has 30 heavy (non-hydrogen) atoms. The van der Waals surface area contributed by atoms with Gasteiger partial charge in [0.1, 0.15) is 12.6 Å². The van der Waals surface area contributed by atoms with E-state index < -0.39 is 0 Å². The normalized spacial score (nSPS) is 16.5. The molecule has 0 aliphatic carbocycles. The molecule has 1 heterocycles. The molecule has 7 heteroatoms. The molecule has 0 spiro atoms. The Morgan fingerprint density at radius 1 is 1.13 bits per heavy atom. The van der Waals surface area contributed by atoms with Crippen molar-refractivity contribution in [3.8, 4) is 0 Å². The summed E-state index contributed by atoms with van der Waals surface area (Å²) in [6.07, 6.45) is 0.000660. The molecule has 0 aromatic heterocycles. The third-order valence-corrected chi connectivity index (χ3v) is 4.94. The van der Waals surface area contributed by atoms with Crippen LogP contribution in [0.15, 0.2) is 59.6 Å². The van der Waals surface area contributed by atoms with E-state index in [0.717, 1.165) is 24.6 Å². The van der Waals surface area contributed by atoms with E-state index in [0.29, 0.717) is 19.7 Å². The lowest BCUT2D eigenvalue weighted by molar-refractivity contribution is -0.119. The first kappa shape index (κ1) is 24.1. The average molecular weight is 522 g/mol. The highest BCUT2D eigenvalue weighted by molar-refractivity contribution is 14.0. The minimum Gasteiger partial charge on any atom is -0.370 e. The zero-order chi connectivity index (χ0) is 20.5. The topological polar surface area (TPSA) is 66.0 Å². The van der Waals surface area contributed by atoms with Crippen molar-refractivity contribution in [3.63, 3.8) is 0 Å². The Morgan fingerprint density at radius 2 is 1.87 bits per heavy atom. The Balaban J connectivity index is 0.00000320. The van der Waals surface area contributed by atoms with Crippen molar-refractivity contribution in [1.29, 1.82) is 0 Å². The lowest BCUT2D eigenvalue weighted by Gasteiger charge is -2.35. The number of hydrogen-bond acceptors (Lipinski definition) is 3. The van der Waals surface area contributed by atoms with E-state index in [2.05, 4.69) is 39.6 Å². The summed E-state index contributed by atoms with van der Waals surface area (Å²) in [4.78, 5) is 19.0. The van der Waals surface area contributed by atoms with Gasteiger partial charge >= 0.3 is 0 Å². The zero-order valence-electron chi connectivity index (χ0n) is 17.6. The standard InChI is InChI=1S/C23H30N4O2.HI/c1-3-24-23(26-16-22(28)25-15-19-10-5-4-6-11-19)27-13-14-29-21(17-27)20-12-8-7-9-18(20)2;/h4-12,21H,3,13-17H2,1-2H3,(H,24,26)(H,25,28);1H. The predicted molar refractivity (Wildman–Crippen MR) is 131 cm³/mol. The maximum atomic E-state index is 12.2. The van der Waals surface area contributed by atoms with Crippen LogP contribution in [-0.4, -0.2) is 49.6 Å². The Morgan fingerprint density at radius 3 is 2.60 bits per heavy atom. The summed E-state index contributed by atoms with van der Waals surface area (Å²) in [7, 11) is 0. The van der Waals surface area contributed by atoms with Crippen LogP contribution < -0.4 is 10.6 Å². The van der Waals surface area contributed by atoms with Gasteiger partial charge in [-0.2, -0.15) is 0 Å². The van der Waals surface area contributed by atoms with Gasteiger partial charge in [0, 0.05) is 19.6 Å². The molecule has 0 saturated carbocycles. The fraction of sp³-hybridized carbons (Fsp3) is 0.391. The number of amides is 1. The summed E-state index contributed by atoms with van der Waals surface area (Å²) in [6, 6.07) is 18.2. The number of aryl methyl sites for hydroxylation is 1. The largest absolute Gasteiger partial charge is 0.370 e. The number of nitrogens with one attached hydrogen (secondary N) is 2. The average Bonchev–Trinajstić information content (AvgIpc) is 2.76. The number of aliphatic imine (C=N–C) groups is 1. The number of carbonyl (C=O) groups is 1. The molecule has 1 aliphatic heterocycles. The Hall–Kier alpha value is -2.13. The van der Waals surface area contributed by atoms with Gasteiger partial charge in [0.25, 0.3) is 0 Å². The first-order chi connectivity index (χ1) is 14.2.